The summed E-state index contributed by atoms with van der Waals surface area (Å²) in [6, 6.07) is 13.7. The highest BCUT2D eigenvalue weighted by Crippen LogP contribution is 2.20. The molecule has 1 atom stereocenters. The minimum absolute atomic E-state index is 0.0693. The van der Waals surface area contributed by atoms with E-state index in [1.54, 1.807) is 19.2 Å². The molecule has 4 heteroatoms. The zero-order chi connectivity index (χ0) is 14.4. The molecule has 2 aromatic carbocycles. The van der Waals surface area contributed by atoms with Gasteiger partial charge in [0.15, 0.2) is 0 Å². The fraction of sp³-hybridized carbons (Fsp3) is 0.250. The van der Waals surface area contributed by atoms with Gasteiger partial charge in [0, 0.05) is 12.8 Å². The highest BCUT2D eigenvalue weighted by Gasteiger charge is 2.10. The van der Waals surface area contributed by atoms with E-state index in [0.717, 1.165) is 11.1 Å². The number of nitrogens with one attached hydrogen (secondary N) is 1. The average Bonchev–Trinajstić information content (AvgIpc) is 2.46. The Bertz CT molecular complexity index is 542. The lowest BCUT2D eigenvalue weighted by Gasteiger charge is -2.18. The molecule has 0 radical (unpaired) electrons. The first-order chi connectivity index (χ1) is 9.72. The van der Waals surface area contributed by atoms with Gasteiger partial charge in [-0.25, -0.2) is 4.39 Å². The maximum Gasteiger partial charge on any atom is 0.125 e. The summed E-state index contributed by atoms with van der Waals surface area (Å²) >= 11 is 0. The van der Waals surface area contributed by atoms with Crippen LogP contribution in [-0.4, -0.2) is 18.8 Å². The number of hydrogen-bond acceptors (Lipinski definition) is 3. The third-order valence-electron chi connectivity index (χ3n) is 3.04. The Morgan fingerprint density at radius 3 is 2.55 bits per heavy atom. The third-order valence-corrected chi connectivity index (χ3v) is 3.04. The summed E-state index contributed by atoms with van der Waals surface area (Å²) in [4.78, 5) is 0. The van der Waals surface area contributed by atoms with E-state index in [1.165, 1.54) is 12.1 Å². The van der Waals surface area contributed by atoms with Crippen LogP contribution >= 0.6 is 0 Å². The maximum atomic E-state index is 13.1. The van der Waals surface area contributed by atoms with Gasteiger partial charge in [0.2, 0.25) is 0 Å². The number of aliphatic hydroxyl groups is 1. The summed E-state index contributed by atoms with van der Waals surface area (Å²) in [6.45, 7) is 0.488. The fourth-order valence-electron chi connectivity index (χ4n) is 2.03. The lowest BCUT2D eigenvalue weighted by atomic mass is 10.1. The molecule has 2 aromatic rings. The van der Waals surface area contributed by atoms with Crippen molar-refractivity contribution >= 4 is 5.69 Å². The van der Waals surface area contributed by atoms with Gasteiger partial charge in [0.1, 0.15) is 5.82 Å². The van der Waals surface area contributed by atoms with Crippen LogP contribution in [0.1, 0.15) is 17.2 Å². The summed E-state index contributed by atoms with van der Waals surface area (Å²) in [7, 11) is 1.65. The summed E-state index contributed by atoms with van der Waals surface area (Å²) in [5.41, 5.74) is 2.65. The van der Waals surface area contributed by atoms with Crippen molar-refractivity contribution in [3.8, 4) is 0 Å². The molecule has 0 aromatic heterocycles. The molecule has 0 saturated heterocycles. The Labute approximate surface area is 118 Å². The second-order valence-electron chi connectivity index (χ2n) is 4.56. The van der Waals surface area contributed by atoms with E-state index < -0.39 is 0 Å². The molecule has 0 amide bonds. The van der Waals surface area contributed by atoms with Crippen LogP contribution in [0, 0.1) is 5.82 Å². The number of anilines is 1. The minimum Gasteiger partial charge on any atom is -0.394 e. The van der Waals surface area contributed by atoms with Gasteiger partial charge in [-0.1, -0.05) is 30.3 Å². The van der Waals surface area contributed by atoms with Crippen molar-refractivity contribution in [3.63, 3.8) is 0 Å². The van der Waals surface area contributed by atoms with E-state index >= 15 is 0 Å². The molecule has 2 N–H and O–H groups in total. The van der Waals surface area contributed by atoms with Crippen LogP contribution < -0.4 is 5.32 Å². The predicted octanol–water partition coefficient (Wildman–Crippen LogP) is 3.12. The molecule has 0 aliphatic heterocycles. The Kier molecular flexibility index (Phi) is 5.09. The topological polar surface area (TPSA) is 41.5 Å². The molecule has 2 rings (SSSR count). The van der Waals surface area contributed by atoms with Crippen molar-refractivity contribution in [3.05, 3.63) is 65.5 Å². The van der Waals surface area contributed by atoms with Gasteiger partial charge in [0.25, 0.3) is 0 Å². The molecule has 106 valence electrons. The largest absolute Gasteiger partial charge is 0.394 e. The van der Waals surface area contributed by atoms with E-state index in [1.807, 2.05) is 24.3 Å². The zero-order valence-electron chi connectivity index (χ0n) is 11.3. The highest BCUT2D eigenvalue weighted by molar-refractivity contribution is 5.46. The van der Waals surface area contributed by atoms with Crippen molar-refractivity contribution in [1.82, 2.24) is 0 Å². The average molecular weight is 275 g/mol. The molecule has 0 fully saturated rings. The lowest BCUT2D eigenvalue weighted by Crippen LogP contribution is -2.14. The number of ether oxygens (including phenoxy) is 1. The van der Waals surface area contributed by atoms with Crippen molar-refractivity contribution in [1.29, 1.82) is 0 Å². The van der Waals surface area contributed by atoms with Crippen LogP contribution in [-0.2, 0) is 11.3 Å². The predicted molar refractivity (Wildman–Crippen MR) is 77.0 cm³/mol. The first-order valence-electron chi connectivity index (χ1n) is 6.43. The molecule has 0 saturated carbocycles. The van der Waals surface area contributed by atoms with Crippen LogP contribution in [0.15, 0.2) is 48.5 Å². The Morgan fingerprint density at radius 1 is 1.20 bits per heavy atom. The number of hydrogen-bond donors (Lipinski definition) is 2. The van der Waals surface area contributed by atoms with E-state index in [2.05, 4.69) is 5.32 Å². The van der Waals surface area contributed by atoms with Gasteiger partial charge in [0.05, 0.1) is 19.3 Å². The molecule has 0 spiro atoms. The number of halogens is 1. The van der Waals surface area contributed by atoms with E-state index in [0.29, 0.717) is 12.3 Å². The van der Waals surface area contributed by atoms with Crippen LogP contribution in [0.5, 0.6) is 0 Å². The molecule has 0 heterocycles. The second kappa shape index (κ2) is 7.03. The minimum atomic E-state index is -0.304. The van der Waals surface area contributed by atoms with Gasteiger partial charge < -0.3 is 15.2 Å². The van der Waals surface area contributed by atoms with Gasteiger partial charge in [-0.15, -0.1) is 0 Å². The molecular weight excluding hydrogens is 257 g/mol. The normalized spacial score (nSPS) is 12.2. The smallest absolute Gasteiger partial charge is 0.125 e. The van der Waals surface area contributed by atoms with E-state index in [-0.39, 0.29) is 18.5 Å². The number of benzene rings is 2. The molecule has 0 aliphatic rings. The highest BCUT2D eigenvalue weighted by atomic mass is 19.1. The molecule has 3 nitrogen and oxygen atoms in total. The fourth-order valence-corrected chi connectivity index (χ4v) is 2.03. The molecule has 1 unspecified atom stereocenters. The van der Waals surface area contributed by atoms with Gasteiger partial charge in [-0.05, 0) is 29.3 Å². The van der Waals surface area contributed by atoms with Crippen molar-refractivity contribution in [2.45, 2.75) is 12.6 Å². The van der Waals surface area contributed by atoms with Gasteiger partial charge in [-0.3, -0.25) is 0 Å². The van der Waals surface area contributed by atoms with Crippen LogP contribution in [0.2, 0.25) is 0 Å². The Hall–Kier alpha value is -1.91. The first kappa shape index (κ1) is 14.5. The Morgan fingerprint density at radius 2 is 1.95 bits per heavy atom. The second-order valence-corrected chi connectivity index (χ2v) is 4.56. The maximum absolute atomic E-state index is 13.1. The lowest BCUT2D eigenvalue weighted by molar-refractivity contribution is 0.185. The SMILES string of the molecule is COCc1ccc(C(CO)Nc2cccc(F)c2)cc1. The summed E-state index contributed by atoms with van der Waals surface area (Å²) in [5.74, 6) is -0.304. The molecule has 20 heavy (non-hydrogen) atoms. The Balaban J connectivity index is 2.11. The first-order valence-corrected chi connectivity index (χ1v) is 6.43. The van der Waals surface area contributed by atoms with E-state index in [9.17, 15) is 9.50 Å². The zero-order valence-corrected chi connectivity index (χ0v) is 11.3. The van der Waals surface area contributed by atoms with Crippen LogP contribution in [0.25, 0.3) is 0 Å². The van der Waals surface area contributed by atoms with Crippen molar-refractivity contribution in [2.24, 2.45) is 0 Å². The van der Waals surface area contributed by atoms with E-state index in [4.69, 9.17) is 4.74 Å². The van der Waals surface area contributed by atoms with Gasteiger partial charge in [-0.2, -0.15) is 0 Å². The summed E-state index contributed by atoms with van der Waals surface area (Å²) in [5, 5.41) is 12.6. The summed E-state index contributed by atoms with van der Waals surface area (Å²) < 4.78 is 18.2. The number of aliphatic hydroxyl groups excluding tert-OH is 1. The molecule has 0 bridgehead atoms. The van der Waals surface area contributed by atoms with Crippen LogP contribution in [0.4, 0.5) is 10.1 Å². The van der Waals surface area contributed by atoms with Crippen molar-refractivity contribution < 1.29 is 14.2 Å². The third kappa shape index (κ3) is 3.79. The molecule has 0 aliphatic carbocycles. The van der Waals surface area contributed by atoms with Crippen molar-refractivity contribution in [2.75, 3.05) is 19.0 Å². The van der Waals surface area contributed by atoms with Gasteiger partial charge >= 0.3 is 0 Å². The van der Waals surface area contributed by atoms with Crippen LogP contribution in [0.3, 0.4) is 0 Å². The number of rotatable bonds is 6. The quantitative estimate of drug-likeness (QED) is 0.851. The number of methoxy groups -OCH3 is 1. The monoisotopic (exact) mass is 275 g/mol. The molecular formula is C16H18FNO2. The standard InChI is InChI=1S/C16H18FNO2/c1-20-11-12-5-7-13(8-6-12)16(10-19)18-15-4-2-3-14(17)9-15/h2-9,16,18-19H,10-11H2,1H3. The summed E-state index contributed by atoms with van der Waals surface area (Å²) in [6.07, 6.45) is 0.